The molecule has 702 valence electrons. The van der Waals surface area contributed by atoms with Gasteiger partial charge < -0.3 is 86.2 Å². The maximum absolute atomic E-state index is 14.6. The van der Waals surface area contributed by atoms with Crippen LogP contribution in [0.1, 0.15) is 25.0 Å². The van der Waals surface area contributed by atoms with Gasteiger partial charge in [0, 0.05) is 129 Å². The Morgan fingerprint density at radius 2 is 0.451 bits per heavy atom. The van der Waals surface area contributed by atoms with Crippen molar-refractivity contribution in [2.24, 2.45) is 0 Å². The molecule has 0 unspecified atom stereocenters. The van der Waals surface area contributed by atoms with Crippen LogP contribution in [0.3, 0.4) is 0 Å². The van der Waals surface area contributed by atoms with Crippen LogP contribution in [-0.2, 0) is 19.1 Å². The zero-order valence-electron chi connectivity index (χ0n) is 79.4. The minimum absolute atomic E-state index is 0.0397. The fourth-order valence-corrected chi connectivity index (χ4v) is 20.6. The normalized spacial score (nSPS) is 11.8. The van der Waals surface area contributed by atoms with Crippen LogP contribution in [0.5, 0.6) is 69.0 Å². The molecular weight excluding hydrogens is 1810 g/mol. The van der Waals surface area contributed by atoms with Crippen LogP contribution in [0, 0.1) is 0 Å². The lowest BCUT2D eigenvalue weighted by Crippen LogP contribution is -2.20. The van der Waals surface area contributed by atoms with E-state index in [0.717, 1.165) is 201 Å². The number of nitrogens with zero attached hydrogens (tertiary/aromatic N) is 6. The average Bonchev–Trinajstić information content (AvgIpc) is 1.55. The third-order valence-electron chi connectivity index (χ3n) is 25.5. The number of methoxy groups -OCH3 is 8. The van der Waals surface area contributed by atoms with Crippen molar-refractivity contribution in [3.05, 3.63) is 393 Å². The zero-order chi connectivity index (χ0) is 97.2. The quantitative estimate of drug-likeness (QED) is 0.0180. The molecule has 0 spiro atoms. The number of hydrogen-bond donors (Lipinski definition) is 0. The van der Waals surface area contributed by atoms with Crippen LogP contribution >= 0.6 is 22.7 Å². The van der Waals surface area contributed by atoms with E-state index in [9.17, 15) is 9.59 Å². The lowest BCUT2D eigenvalue weighted by atomic mass is 9.95. The van der Waals surface area contributed by atoms with Crippen LogP contribution in [0.4, 0.5) is 102 Å². The van der Waals surface area contributed by atoms with Crippen molar-refractivity contribution in [3.63, 3.8) is 0 Å². The first kappa shape index (κ1) is 90.8. The highest BCUT2D eigenvalue weighted by molar-refractivity contribution is 7.19. The second kappa shape index (κ2) is 39.5. The van der Waals surface area contributed by atoms with Gasteiger partial charge in [0.15, 0.2) is 28.6 Å². The predicted molar refractivity (Wildman–Crippen MR) is 569 cm³/mol. The minimum atomic E-state index is -0.768. The first-order valence-corrected chi connectivity index (χ1v) is 48.0. The lowest BCUT2D eigenvalue weighted by Gasteiger charge is -2.35. The summed E-state index contributed by atoms with van der Waals surface area (Å²) in [6, 6.07) is 128. The molecule has 4 heterocycles. The van der Waals surface area contributed by atoms with Crippen LogP contribution in [0.2, 0.25) is 0 Å². The summed E-state index contributed by atoms with van der Waals surface area (Å²) in [7, 11) is 13.3. The Morgan fingerprint density at radius 1 is 0.239 bits per heavy atom. The Hall–Kier alpha value is -17.6. The number of ether oxygens (including phenoxy) is 12. The van der Waals surface area contributed by atoms with Gasteiger partial charge in [-0.2, -0.15) is 0 Å². The number of fused-ring (bicyclic) bond motifs is 7. The monoisotopic (exact) mass is 1910 g/mol. The van der Waals surface area contributed by atoms with Crippen LogP contribution in [-0.4, -0.2) is 82.0 Å². The standard InChI is InChI=1S/C120H96N6O14S2/c1-11-137-119(127)118(120(128)138-12-2)117-103-69-77(115-67-65-113(141-115)75-13-19-87(20-14-75)125-105-61-39-89(121(79-23-43-93(129-3)44-24-79)80-25-45-94(130-4)46-26-80)71-109(105)139-110-72-90(40-62-106(110)125)122(81-27-47-95(131-5)48-28-81)82-29-49-96(132-6)50-30-82)17-59-101(103)102-60-18-78(70-104(102)117)116-68-66-114(142-116)76-15-21-88(22-16-76)126-107-63-41-91(123(83-31-51-97(133-7)52-32-83)84-33-53-98(134-8)54-34-84)73-111(107)140-112-74-92(42-64-108(112)126)124(85-35-55-99(135-9)56-36-85)86-37-57-100(136-10)58-38-86/h13-74H,11-12H2,1-10H3. The van der Waals surface area contributed by atoms with E-state index in [1.54, 1.807) is 93.4 Å². The number of rotatable bonds is 30. The van der Waals surface area contributed by atoms with Crippen molar-refractivity contribution in [3.8, 4) is 122 Å². The van der Waals surface area contributed by atoms with E-state index < -0.39 is 11.9 Å². The summed E-state index contributed by atoms with van der Waals surface area (Å²) in [6.45, 7) is 3.55. The maximum Gasteiger partial charge on any atom is 0.346 e. The highest BCUT2D eigenvalue weighted by Crippen LogP contribution is 2.59. The van der Waals surface area contributed by atoms with Crippen molar-refractivity contribution >= 4 is 143 Å². The molecule has 0 fully saturated rings. The van der Waals surface area contributed by atoms with Crippen molar-refractivity contribution < 1.29 is 66.4 Å². The number of anilines is 18. The predicted octanol–water partition coefficient (Wildman–Crippen LogP) is 31.5. The third kappa shape index (κ3) is 17.6. The summed E-state index contributed by atoms with van der Waals surface area (Å²) < 4.78 is 71.1. The van der Waals surface area contributed by atoms with Crippen LogP contribution < -0.4 is 76.8 Å². The molecule has 21 rings (SSSR count). The van der Waals surface area contributed by atoms with E-state index in [1.807, 2.05) is 194 Å². The Balaban J connectivity index is 0.601. The fourth-order valence-electron chi connectivity index (χ4n) is 18.6. The van der Waals surface area contributed by atoms with Gasteiger partial charge >= 0.3 is 11.9 Å². The van der Waals surface area contributed by atoms with Gasteiger partial charge in [0.05, 0.1) is 92.8 Å². The number of carbonyl (C=O) groups excluding carboxylic acids is 2. The second-order valence-corrected chi connectivity index (χ2v) is 35.7. The molecule has 2 aliphatic heterocycles. The largest absolute Gasteiger partial charge is 0.497 e. The summed E-state index contributed by atoms with van der Waals surface area (Å²) in [6.07, 6.45) is 0. The smallest absolute Gasteiger partial charge is 0.346 e. The van der Waals surface area contributed by atoms with Gasteiger partial charge in [-0.05, 0) is 362 Å². The highest BCUT2D eigenvalue weighted by Gasteiger charge is 2.37. The van der Waals surface area contributed by atoms with Gasteiger partial charge in [-0.1, -0.05) is 48.5 Å². The second-order valence-electron chi connectivity index (χ2n) is 33.5. The summed E-state index contributed by atoms with van der Waals surface area (Å²) >= 11 is 3.30. The SMILES string of the molecule is CCOC(=O)C(C(=O)OCC)=C1c2cc(-c3ccc(-c4ccc(N5c6ccc(N(c7ccc(OC)cc7)c7ccc(OC)cc7)cc6Oc6cc(N(c7ccc(OC)cc7)c7ccc(OC)cc7)ccc65)cc4)s3)ccc2-c2ccc(-c3ccc(-c4ccc(N5c6ccc(N(c7ccc(OC)cc7)c7ccc(OC)cc7)cc6Oc6cc(N(c7ccc(OC)cc7)c7ccc(OC)cc7)ccc65)cc4)s3)cc21. The fraction of sp³-hybridized carbons (Fsp3) is 0.100. The van der Waals surface area contributed by atoms with E-state index in [1.165, 1.54) is 0 Å². The van der Waals surface area contributed by atoms with Gasteiger partial charge in [0.2, 0.25) is 0 Å². The summed E-state index contributed by atoms with van der Waals surface area (Å²) in [5.41, 5.74) is 23.0. The number of benzene rings is 16. The van der Waals surface area contributed by atoms with Crippen molar-refractivity contribution in [1.82, 2.24) is 0 Å². The Morgan fingerprint density at radius 3 is 0.669 bits per heavy atom. The van der Waals surface area contributed by atoms with E-state index in [0.29, 0.717) is 39.7 Å². The van der Waals surface area contributed by atoms with Gasteiger partial charge in [-0.3, -0.25) is 0 Å². The molecule has 16 aromatic carbocycles. The maximum atomic E-state index is 14.6. The highest BCUT2D eigenvalue weighted by atomic mass is 32.1. The number of carbonyl (C=O) groups is 2. The molecule has 0 bridgehead atoms. The lowest BCUT2D eigenvalue weighted by molar-refractivity contribution is -0.146. The molecule has 0 atom stereocenters. The molecule has 1 aliphatic carbocycles. The van der Waals surface area contributed by atoms with Crippen LogP contribution in [0.25, 0.3) is 58.5 Å². The van der Waals surface area contributed by atoms with E-state index in [4.69, 9.17) is 56.8 Å². The molecule has 0 saturated heterocycles. The molecule has 22 heteroatoms. The Labute approximate surface area is 831 Å². The van der Waals surface area contributed by atoms with Gasteiger partial charge in [0.25, 0.3) is 0 Å². The van der Waals surface area contributed by atoms with Crippen molar-refractivity contribution in [2.45, 2.75) is 13.8 Å². The zero-order valence-corrected chi connectivity index (χ0v) is 81.1. The van der Waals surface area contributed by atoms with Gasteiger partial charge in [0.1, 0.15) is 46.0 Å². The molecule has 2 aromatic heterocycles. The minimum Gasteiger partial charge on any atom is -0.497 e. The Kier molecular flexibility index (Phi) is 25.3. The molecule has 20 nitrogen and oxygen atoms in total. The molecule has 0 amide bonds. The average molecular weight is 1910 g/mol. The van der Waals surface area contributed by atoms with Crippen molar-refractivity contribution in [2.75, 3.05) is 99.5 Å². The van der Waals surface area contributed by atoms with E-state index >= 15 is 0 Å². The number of esters is 2. The summed E-state index contributed by atoms with van der Waals surface area (Å²) in [4.78, 5) is 46.5. The summed E-state index contributed by atoms with van der Waals surface area (Å²) in [5, 5.41) is 0. The molecule has 3 aliphatic rings. The molecule has 0 radical (unpaired) electrons. The third-order valence-corrected chi connectivity index (χ3v) is 27.9. The Bertz CT molecular complexity index is 6810. The van der Waals surface area contributed by atoms with Gasteiger partial charge in [-0.15, -0.1) is 22.7 Å². The topological polar surface area (TPSA) is 164 Å². The first-order chi connectivity index (χ1) is 69.7. The molecular formula is C120H96N6O14S2. The van der Waals surface area contributed by atoms with Gasteiger partial charge in [-0.25, -0.2) is 9.59 Å². The van der Waals surface area contributed by atoms with Crippen molar-refractivity contribution in [1.29, 1.82) is 0 Å². The molecule has 142 heavy (non-hydrogen) atoms. The number of thiophene rings is 2. The molecule has 0 N–H and O–H groups in total. The summed E-state index contributed by atoms with van der Waals surface area (Å²) in [5.74, 6) is 6.88. The number of hydrogen-bond acceptors (Lipinski definition) is 22. The van der Waals surface area contributed by atoms with Crippen LogP contribution in [0.15, 0.2) is 382 Å². The van der Waals surface area contributed by atoms with E-state index in [-0.39, 0.29) is 18.8 Å². The first-order valence-electron chi connectivity index (χ1n) is 46.3. The molecule has 18 aromatic rings. The van der Waals surface area contributed by atoms with E-state index in [2.05, 4.69) is 211 Å². The molecule has 0 saturated carbocycles.